The van der Waals surface area contributed by atoms with Gasteiger partial charge in [0.1, 0.15) is 5.75 Å². The van der Waals surface area contributed by atoms with E-state index in [2.05, 4.69) is 49.4 Å². The monoisotopic (exact) mass is 325 g/mol. The van der Waals surface area contributed by atoms with Crippen LogP contribution in [0.25, 0.3) is 10.8 Å². The van der Waals surface area contributed by atoms with Gasteiger partial charge in [0.2, 0.25) is 6.71 Å². The molecule has 0 radical (unpaired) electrons. The van der Waals surface area contributed by atoms with Gasteiger partial charge < -0.3 is 4.74 Å². The van der Waals surface area contributed by atoms with Crippen LogP contribution in [0.5, 0.6) is 5.75 Å². The van der Waals surface area contributed by atoms with E-state index in [1.54, 1.807) is 4.90 Å². The summed E-state index contributed by atoms with van der Waals surface area (Å²) in [5.74, 6) is 0.648. The number of ether oxygens (including phenoxy) is 1. The molecule has 120 valence electrons. The van der Waals surface area contributed by atoms with E-state index in [-0.39, 0.29) is 12.8 Å². The second-order valence-electron chi connectivity index (χ2n) is 6.67. The van der Waals surface area contributed by atoms with Gasteiger partial charge in [-0.1, -0.05) is 65.5 Å². The second kappa shape index (κ2) is 4.99. The molecule has 1 amide bonds. The average molecular weight is 325 g/mol. The molecule has 0 spiro atoms. The maximum atomic E-state index is 12.7. The van der Waals surface area contributed by atoms with E-state index in [4.69, 9.17) is 4.74 Å². The lowest BCUT2D eigenvalue weighted by molar-refractivity contribution is 0.209. The third-order valence-electron chi connectivity index (χ3n) is 5.40. The lowest BCUT2D eigenvalue weighted by Gasteiger charge is -2.38. The molecule has 0 saturated carbocycles. The number of hydrogen-bond acceptors (Lipinski definition) is 2. The number of anilines is 1. The molecule has 0 fully saturated rings. The molecule has 3 aromatic rings. The van der Waals surface area contributed by atoms with Gasteiger partial charge in [0.25, 0.3) is 0 Å². The highest BCUT2D eigenvalue weighted by atomic mass is 16.6. The number of nitrogens with zero attached hydrogens (tertiary/aromatic N) is 1. The number of rotatable bonds is 1. The summed E-state index contributed by atoms with van der Waals surface area (Å²) in [6, 6.07) is 20.6. The Morgan fingerprint density at radius 1 is 0.920 bits per heavy atom. The smallest absolute Gasteiger partial charge is 0.409 e. The minimum atomic E-state index is -0.323. The zero-order valence-electron chi connectivity index (χ0n) is 14.1. The Bertz CT molecular complexity index is 1070. The van der Waals surface area contributed by atoms with Gasteiger partial charge in [-0.15, -0.1) is 0 Å². The summed E-state index contributed by atoms with van der Waals surface area (Å²) >= 11 is 0. The molecule has 0 bridgehead atoms. The van der Waals surface area contributed by atoms with Gasteiger partial charge in [0.15, 0.2) is 0 Å². The Kier molecular flexibility index (Phi) is 2.87. The molecule has 2 aliphatic heterocycles. The van der Waals surface area contributed by atoms with Crippen molar-refractivity contribution in [3.05, 3.63) is 71.8 Å². The van der Waals surface area contributed by atoms with Gasteiger partial charge in [-0.2, -0.15) is 0 Å². The molecule has 4 heteroatoms. The first-order valence-corrected chi connectivity index (χ1v) is 8.46. The zero-order valence-corrected chi connectivity index (χ0v) is 14.1. The number of carbonyl (C=O) groups excluding carboxylic acids is 1. The third kappa shape index (κ3) is 1.85. The normalized spacial score (nSPS) is 15.7. The van der Waals surface area contributed by atoms with E-state index < -0.39 is 0 Å². The van der Waals surface area contributed by atoms with Gasteiger partial charge >= 0.3 is 6.09 Å². The summed E-state index contributed by atoms with van der Waals surface area (Å²) in [4.78, 5) is 14.4. The van der Waals surface area contributed by atoms with Crippen LogP contribution in [-0.2, 0) is 0 Å². The van der Waals surface area contributed by atoms with Crippen LogP contribution >= 0.6 is 0 Å². The van der Waals surface area contributed by atoms with E-state index >= 15 is 0 Å². The Labute approximate surface area is 146 Å². The first kappa shape index (κ1) is 14.3. The van der Waals surface area contributed by atoms with E-state index in [9.17, 15) is 4.79 Å². The second-order valence-corrected chi connectivity index (χ2v) is 6.67. The Morgan fingerprint density at radius 3 is 2.52 bits per heavy atom. The molecule has 0 aliphatic carbocycles. The third-order valence-corrected chi connectivity index (χ3v) is 5.40. The quantitative estimate of drug-likeness (QED) is 0.640. The van der Waals surface area contributed by atoms with Crippen molar-refractivity contribution in [2.24, 2.45) is 0 Å². The number of benzene rings is 3. The molecule has 2 aliphatic rings. The fourth-order valence-electron chi connectivity index (χ4n) is 4.13. The fraction of sp³-hybridized carbons (Fsp3) is 0.0952. The standard InChI is InChI=1S/C21H16BNO2/c1-13-14(2)23-20-17(22(13)16-8-4-3-5-9-16)12-11-15-7-6-10-18(19(15)20)25-21(23)24/h3-12H,1-2H3. The molecule has 3 nitrogen and oxygen atoms in total. The molecule has 0 saturated heterocycles. The molecular weight excluding hydrogens is 309 g/mol. The summed E-state index contributed by atoms with van der Waals surface area (Å²) in [6.45, 7) is 4.26. The zero-order chi connectivity index (χ0) is 17.1. The number of allylic oxidation sites excluding steroid dienone is 2. The van der Waals surface area contributed by atoms with E-state index in [0.717, 1.165) is 27.6 Å². The maximum absolute atomic E-state index is 12.7. The van der Waals surface area contributed by atoms with Crippen LogP contribution in [0.4, 0.5) is 10.5 Å². The Morgan fingerprint density at radius 2 is 1.72 bits per heavy atom. The molecule has 0 N–H and O–H groups in total. The molecule has 2 heterocycles. The first-order valence-electron chi connectivity index (χ1n) is 8.46. The maximum Gasteiger partial charge on any atom is 0.424 e. The summed E-state index contributed by atoms with van der Waals surface area (Å²) in [6.07, 6.45) is -0.323. The van der Waals surface area contributed by atoms with E-state index in [0.29, 0.717) is 5.75 Å². The molecular formula is C21H16BNO2. The molecule has 25 heavy (non-hydrogen) atoms. The lowest BCUT2D eigenvalue weighted by atomic mass is 9.35. The van der Waals surface area contributed by atoms with Crippen molar-refractivity contribution in [3.8, 4) is 5.75 Å². The number of hydrogen-bond donors (Lipinski definition) is 0. The van der Waals surface area contributed by atoms with Gasteiger partial charge in [-0.3, -0.25) is 4.90 Å². The topological polar surface area (TPSA) is 29.5 Å². The first-order chi connectivity index (χ1) is 12.2. The van der Waals surface area contributed by atoms with Gasteiger partial charge in [0.05, 0.1) is 5.69 Å². The van der Waals surface area contributed by atoms with Crippen molar-refractivity contribution in [2.75, 3.05) is 4.90 Å². The van der Waals surface area contributed by atoms with Crippen molar-refractivity contribution < 1.29 is 9.53 Å². The van der Waals surface area contributed by atoms with Crippen LogP contribution in [0.1, 0.15) is 13.8 Å². The highest BCUT2D eigenvalue weighted by Gasteiger charge is 2.40. The summed E-state index contributed by atoms with van der Waals surface area (Å²) < 4.78 is 5.61. The minimum Gasteiger partial charge on any atom is -0.409 e. The largest absolute Gasteiger partial charge is 0.424 e. The number of amides is 1. The highest BCUT2D eigenvalue weighted by molar-refractivity contribution is 6.92. The Hall–Kier alpha value is -3.01. The van der Waals surface area contributed by atoms with Crippen molar-refractivity contribution in [1.82, 2.24) is 0 Å². The number of carbonyl (C=O) groups is 1. The van der Waals surface area contributed by atoms with Crippen molar-refractivity contribution >= 4 is 40.2 Å². The van der Waals surface area contributed by atoms with Crippen LogP contribution < -0.4 is 20.6 Å². The van der Waals surface area contributed by atoms with E-state index in [1.165, 1.54) is 10.9 Å². The van der Waals surface area contributed by atoms with Gasteiger partial charge in [-0.25, -0.2) is 4.79 Å². The van der Waals surface area contributed by atoms with Gasteiger partial charge in [0, 0.05) is 11.1 Å². The van der Waals surface area contributed by atoms with Crippen molar-refractivity contribution in [2.45, 2.75) is 13.8 Å². The summed E-state index contributed by atoms with van der Waals surface area (Å²) in [7, 11) is 0. The van der Waals surface area contributed by atoms with Crippen LogP contribution in [0.2, 0.25) is 0 Å². The predicted octanol–water partition coefficient (Wildman–Crippen LogP) is 3.61. The van der Waals surface area contributed by atoms with Crippen LogP contribution in [0.15, 0.2) is 71.8 Å². The lowest BCUT2D eigenvalue weighted by Crippen LogP contribution is -2.53. The molecule has 0 atom stereocenters. The van der Waals surface area contributed by atoms with Crippen LogP contribution in [0, 0.1) is 0 Å². The van der Waals surface area contributed by atoms with Gasteiger partial charge in [-0.05, 0) is 30.8 Å². The predicted molar refractivity (Wildman–Crippen MR) is 102 cm³/mol. The molecule has 5 rings (SSSR count). The van der Waals surface area contributed by atoms with Crippen molar-refractivity contribution in [1.29, 1.82) is 0 Å². The Balaban J connectivity index is 1.90. The fourth-order valence-corrected chi connectivity index (χ4v) is 4.13. The molecule has 0 unspecified atom stereocenters. The SMILES string of the molecule is CC1=C(C)N2C(=O)Oc3cccc4ccc(c2c34)B1c1ccccc1. The van der Waals surface area contributed by atoms with Crippen LogP contribution in [-0.4, -0.2) is 12.8 Å². The molecule has 0 aromatic heterocycles. The highest BCUT2D eigenvalue weighted by Crippen LogP contribution is 2.42. The summed E-state index contributed by atoms with van der Waals surface area (Å²) in [5, 5.41) is 2.11. The minimum absolute atomic E-state index is 0.149. The summed E-state index contributed by atoms with van der Waals surface area (Å²) in [5.41, 5.74) is 5.50. The molecule has 3 aromatic carbocycles. The van der Waals surface area contributed by atoms with E-state index in [1.807, 2.05) is 25.1 Å². The van der Waals surface area contributed by atoms with Crippen molar-refractivity contribution in [3.63, 3.8) is 0 Å². The van der Waals surface area contributed by atoms with Crippen LogP contribution in [0.3, 0.4) is 0 Å². The average Bonchev–Trinajstić information content (AvgIpc) is 2.63.